The molecule has 0 aliphatic carbocycles. The Kier molecular flexibility index (Phi) is 3.38. The summed E-state index contributed by atoms with van der Waals surface area (Å²) in [6.45, 7) is 1.47. The van der Waals surface area contributed by atoms with Crippen LogP contribution < -0.4 is 15.1 Å². The molecule has 2 amide bonds. The van der Waals surface area contributed by atoms with Crippen molar-refractivity contribution in [1.82, 2.24) is 4.98 Å². The number of likely N-dealkylation sites (N-methyl/N-ethyl adjacent to an activating group) is 1. The van der Waals surface area contributed by atoms with Crippen LogP contribution in [-0.2, 0) is 0 Å². The number of hydrogen-bond acceptors (Lipinski definition) is 4. The second-order valence-electron chi connectivity index (χ2n) is 5.48. The largest absolute Gasteiger partial charge is 0.371 e. The van der Waals surface area contributed by atoms with Gasteiger partial charge in [0, 0.05) is 20.1 Å². The van der Waals surface area contributed by atoms with Crippen LogP contribution in [-0.4, -0.2) is 31.2 Å². The van der Waals surface area contributed by atoms with Crippen molar-refractivity contribution in [2.45, 2.75) is 0 Å². The fourth-order valence-corrected chi connectivity index (χ4v) is 3.66. The fraction of sp³-hybridized carbons (Fsp3) is 0.176. The van der Waals surface area contributed by atoms with Crippen LogP contribution in [0.25, 0.3) is 10.2 Å². The normalized spacial score (nSPS) is 14.0. The molecule has 1 N–H and O–H groups in total. The Hall–Kier alpha value is -2.60. The lowest BCUT2D eigenvalue weighted by molar-refractivity contribution is 0.257. The van der Waals surface area contributed by atoms with Crippen molar-refractivity contribution >= 4 is 44.1 Å². The van der Waals surface area contributed by atoms with E-state index in [-0.39, 0.29) is 6.03 Å². The Morgan fingerprint density at radius 2 is 1.83 bits per heavy atom. The van der Waals surface area contributed by atoms with E-state index < -0.39 is 0 Å². The van der Waals surface area contributed by atoms with Crippen molar-refractivity contribution in [3.05, 3.63) is 48.5 Å². The van der Waals surface area contributed by atoms with Gasteiger partial charge in [-0.1, -0.05) is 35.6 Å². The molecule has 6 heteroatoms. The van der Waals surface area contributed by atoms with E-state index in [0.717, 1.165) is 28.1 Å². The van der Waals surface area contributed by atoms with Crippen LogP contribution in [0.1, 0.15) is 0 Å². The monoisotopic (exact) mass is 324 g/mol. The standard InChI is InChI=1S/C17H16N4OS/c1-20-10-11-21(14-8-4-3-7-13(14)20)17(22)19-16-18-12-6-2-5-9-15(12)23-16/h2-9H,10-11H2,1H3,(H,18,19,22). The quantitative estimate of drug-likeness (QED) is 0.741. The topological polar surface area (TPSA) is 48.5 Å². The van der Waals surface area contributed by atoms with Crippen molar-refractivity contribution < 1.29 is 4.79 Å². The molecular weight excluding hydrogens is 308 g/mol. The molecule has 0 bridgehead atoms. The first-order valence-corrected chi connectivity index (χ1v) is 8.28. The van der Waals surface area contributed by atoms with Gasteiger partial charge >= 0.3 is 6.03 Å². The van der Waals surface area contributed by atoms with Gasteiger partial charge in [0.2, 0.25) is 0 Å². The summed E-state index contributed by atoms with van der Waals surface area (Å²) >= 11 is 1.49. The van der Waals surface area contributed by atoms with Crippen molar-refractivity contribution in [2.24, 2.45) is 0 Å². The molecule has 1 aromatic heterocycles. The first-order valence-electron chi connectivity index (χ1n) is 7.46. The molecule has 0 saturated carbocycles. The molecular formula is C17H16N4OS. The van der Waals surface area contributed by atoms with E-state index in [0.29, 0.717) is 11.7 Å². The average Bonchev–Trinajstić information content (AvgIpc) is 2.97. The summed E-state index contributed by atoms with van der Waals surface area (Å²) in [5, 5.41) is 3.56. The molecule has 0 saturated heterocycles. The van der Waals surface area contributed by atoms with Gasteiger partial charge in [0.1, 0.15) is 0 Å². The Bertz CT molecular complexity index is 843. The number of fused-ring (bicyclic) bond motifs is 2. The third kappa shape index (κ3) is 2.51. The van der Waals surface area contributed by atoms with E-state index in [9.17, 15) is 4.79 Å². The minimum absolute atomic E-state index is 0.135. The maximum Gasteiger partial charge on any atom is 0.328 e. The molecule has 0 radical (unpaired) electrons. The lowest BCUT2D eigenvalue weighted by atomic mass is 10.2. The second-order valence-corrected chi connectivity index (χ2v) is 6.51. The van der Waals surface area contributed by atoms with E-state index >= 15 is 0 Å². The molecule has 116 valence electrons. The Morgan fingerprint density at radius 3 is 2.65 bits per heavy atom. The average molecular weight is 324 g/mol. The van der Waals surface area contributed by atoms with Gasteiger partial charge in [0.25, 0.3) is 0 Å². The lowest BCUT2D eigenvalue weighted by Gasteiger charge is -2.35. The summed E-state index contributed by atoms with van der Waals surface area (Å²) in [5.41, 5.74) is 2.91. The van der Waals surface area contributed by atoms with Crippen molar-refractivity contribution in [2.75, 3.05) is 35.3 Å². The summed E-state index contributed by atoms with van der Waals surface area (Å²) in [4.78, 5) is 21.1. The number of nitrogens with zero attached hydrogens (tertiary/aromatic N) is 3. The van der Waals surface area contributed by atoms with Gasteiger partial charge in [0.05, 0.1) is 21.6 Å². The molecule has 1 aliphatic rings. The number of para-hydroxylation sites is 3. The van der Waals surface area contributed by atoms with E-state index in [1.807, 2.05) is 55.6 Å². The number of thiazole rings is 1. The van der Waals surface area contributed by atoms with Crippen LogP contribution in [0.15, 0.2) is 48.5 Å². The Labute approximate surface area is 138 Å². The molecule has 4 rings (SSSR count). The number of benzene rings is 2. The maximum absolute atomic E-state index is 12.7. The molecule has 0 atom stereocenters. The number of carbonyl (C=O) groups is 1. The zero-order valence-corrected chi connectivity index (χ0v) is 13.5. The number of rotatable bonds is 1. The van der Waals surface area contributed by atoms with Gasteiger partial charge in [-0.2, -0.15) is 0 Å². The Morgan fingerprint density at radius 1 is 1.09 bits per heavy atom. The second kappa shape index (κ2) is 5.55. The van der Waals surface area contributed by atoms with Gasteiger partial charge in [-0.3, -0.25) is 10.2 Å². The maximum atomic E-state index is 12.7. The molecule has 3 aromatic rings. The molecule has 2 heterocycles. The van der Waals surface area contributed by atoms with Crippen LogP contribution in [0.3, 0.4) is 0 Å². The van der Waals surface area contributed by atoms with E-state index in [1.165, 1.54) is 11.3 Å². The third-order valence-corrected chi connectivity index (χ3v) is 4.95. The lowest BCUT2D eigenvalue weighted by Crippen LogP contribution is -2.44. The highest BCUT2D eigenvalue weighted by Gasteiger charge is 2.25. The summed E-state index contributed by atoms with van der Waals surface area (Å²) in [5.74, 6) is 0. The van der Waals surface area contributed by atoms with Gasteiger partial charge in [0.15, 0.2) is 5.13 Å². The SMILES string of the molecule is CN1CCN(C(=O)Nc2nc3ccccc3s2)c2ccccc21. The number of aromatic nitrogens is 1. The van der Waals surface area contributed by atoms with Crippen LogP contribution in [0.5, 0.6) is 0 Å². The molecule has 23 heavy (non-hydrogen) atoms. The molecule has 2 aromatic carbocycles. The highest BCUT2D eigenvalue weighted by atomic mass is 32.1. The summed E-state index contributed by atoms with van der Waals surface area (Å²) in [7, 11) is 2.04. The van der Waals surface area contributed by atoms with Gasteiger partial charge in [-0.05, 0) is 24.3 Å². The number of carbonyl (C=O) groups excluding carboxylic acids is 1. The third-order valence-electron chi connectivity index (χ3n) is 4.00. The van der Waals surface area contributed by atoms with E-state index in [1.54, 1.807) is 4.90 Å². The zero-order valence-electron chi connectivity index (χ0n) is 12.7. The summed E-state index contributed by atoms with van der Waals surface area (Å²) in [6.07, 6.45) is 0. The fourth-order valence-electron chi connectivity index (χ4n) is 2.80. The van der Waals surface area contributed by atoms with E-state index in [2.05, 4.69) is 15.2 Å². The predicted molar refractivity (Wildman–Crippen MR) is 95.7 cm³/mol. The molecule has 0 spiro atoms. The minimum atomic E-state index is -0.135. The van der Waals surface area contributed by atoms with Gasteiger partial charge in [-0.25, -0.2) is 9.78 Å². The number of amides is 2. The van der Waals surface area contributed by atoms with Crippen LogP contribution >= 0.6 is 11.3 Å². The predicted octanol–water partition coefficient (Wildman–Crippen LogP) is 3.78. The van der Waals surface area contributed by atoms with Crippen LogP contribution in [0.4, 0.5) is 21.3 Å². The van der Waals surface area contributed by atoms with Crippen LogP contribution in [0.2, 0.25) is 0 Å². The summed E-state index contributed by atoms with van der Waals surface area (Å²) < 4.78 is 1.07. The van der Waals surface area contributed by atoms with Crippen molar-refractivity contribution in [3.63, 3.8) is 0 Å². The first kappa shape index (κ1) is 14.0. The first-order chi connectivity index (χ1) is 11.2. The molecule has 1 aliphatic heterocycles. The van der Waals surface area contributed by atoms with Crippen LogP contribution in [0, 0.1) is 0 Å². The number of urea groups is 1. The smallest absolute Gasteiger partial charge is 0.328 e. The van der Waals surface area contributed by atoms with Gasteiger partial charge < -0.3 is 4.90 Å². The minimum Gasteiger partial charge on any atom is -0.371 e. The highest BCUT2D eigenvalue weighted by molar-refractivity contribution is 7.22. The molecule has 0 fully saturated rings. The Balaban J connectivity index is 1.61. The van der Waals surface area contributed by atoms with Gasteiger partial charge in [-0.15, -0.1) is 0 Å². The molecule has 0 unspecified atom stereocenters. The van der Waals surface area contributed by atoms with Crippen molar-refractivity contribution in [3.8, 4) is 0 Å². The number of hydrogen-bond donors (Lipinski definition) is 1. The zero-order chi connectivity index (χ0) is 15.8. The molecule has 5 nitrogen and oxygen atoms in total. The van der Waals surface area contributed by atoms with E-state index in [4.69, 9.17) is 0 Å². The highest BCUT2D eigenvalue weighted by Crippen LogP contribution is 2.32. The summed E-state index contributed by atoms with van der Waals surface area (Å²) in [6, 6.07) is 15.7. The van der Waals surface area contributed by atoms with Crippen molar-refractivity contribution in [1.29, 1.82) is 0 Å². The number of anilines is 3. The number of nitrogens with one attached hydrogen (secondary N) is 1.